The molecule has 2 rings (SSSR count). The number of hydrogen-bond acceptors (Lipinski definition) is 4. The van der Waals surface area contributed by atoms with Gasteiger partial charge in [0.2, 0.25) is 0 Å². The Balaban J connectivity index is 2.33. The Kier molecular flexibility index (Phi) is 6.36. The molecule has 0 spiro atoms. The molecule has 5 heteroatoms. The van der Waals surface area contributed by atoms with E-state index < -0.39 is 0 Å². The van der Waals surface area contributed by atoms with Crippen molar-refractivity contribution >= 4 is 27.3 Å². The van der Waals surface area contributed by atoms with Crippen molar-refractivity contribution < 1.29 is 4.74 Å². The summed E-state index contributed by atoms with van der Waals surface area (Å²) in [6, 6.07) is 8.40. The van der Waals surface area contributed by atoms with Crippen molar-refractivity contribution in [3.8, 4) is 0 Å². The van der Waals surface area contributed by atoms with Crippen LogP contribution in [0.3, 0.4) is 0 Å². The first-order valence-corrected chi connectivity index (χ1v) is 8.71. The lowest BCUT2D eigenvalue weighted by Crippen LogP contribution is -2.26. The van der Waals surface area contributed by atoms with Crippen molar-refractivity contribution in [3.05, 3.63) is 49.9 Å². The quantitative estimate of drug-likeness (QED) is 0.746. The van der Waals surface area contributed by atoms with Gasteiger partial charge in [0.25, 0.3) is 0 Å². The van der Waals surface area contributed by atoms with Gasteiger partial charge in [-0.1, -0.05) is 41.1 Å². The molecule has 0 fully saturated rings. The van der Waals surface area contributed by atoms with Crippen LogP contribution in [0.2, 0.25) is 0 Å². The highest BCUT2D eigenvalue weighted by Crippen LogP contribution is 2.32. The fraction of sp³-hybridized carbons (Fsp3) is 0.438. The first kappa shape index (κ1) is 16.6. The summed E-state index contributed by atoms with van der Waals surface area (Å²) < 4.78 is 6.26. The van der Waals surface area contributed by atoms with Crippen LogP contribution in [0.4, 0.5) is 0 Å². The molecule has 0 saturated carbocycles. The molecule has 0 bridgehead atoms. The minimum atomic E-state index is 0.0970. The molecule has 0 amide bonds. The summed E-state index contributed by atoms with van der Waals surface area (Å²) in [6.45, 7) is 5.78. The number of benzene rings is 1. The van der Waals surface area contributed by atoms with E-state index in [2.05, 4.69) is 53.3 Å². The summed E-state index contributed by atoms with van der Waals surface area (Å²) in [5.74, 6) is 0. The number of ether oxygens (including phenoxy) is 1. The predicted octanol–water partition coefficient (Wildman–Crippen LogP) is 4.10. The number of thiazole rings is 1. The van der Waals surface area contributed by atoms with Crippen LogP contribution >= 0.6 is 27.3 Å². The lowest BCUT2D eigenvalue weighted by atomic mass is 10.1. The standard InChI is InChI=1S/C16H21BrN2OS/c1-4-14-11(2)21-16(19-14)15(18-9-10-20-3)12-7-5-6-8-13(12)17/h5-8,15,18H,4,9-10H2,1-3H3. The minimum absolute atomic E-state index is 0.0970. The Bertz CT molecular complexity index is 585. The molecule has 3 nitrogen and oxygen atoms in total. The van der Waals surface area contributed by atoms with Crippen molar-refractivity contribution in [1.82, 2.24) is 10.3 Å². The van der Waals surface area contributed by atoms with Gasteiger partial charge in [-0.15, -0.1) is 11.3 Å². The normalized spacial score (nSPS) is 12.6. The molecular weight excluding hydrogens is 348 g/mol. The number of halogens is 1. The van der Waals surface area contributed by atoms with Crippen molar-refractivity contribution in [3.63, 3.8) is 0 Å². The number of hydrogen-bond donors (Lipinski definition) is 1. The lowest BCUT2D eigenvalue weighted by Gasteiger charge is -2.18. The van der Waals surface area contributed by atoms with Crippen LogP contribution in [0.15, 0.2) is 28.7 Å². The molecule has 2 aromatic rings. The zero-order chi connectivity index (χ0) is 15.2. The largest absolute Gasteiger partial charge is 0.383 e. The maximum absolute atomic E-state index is 5.15. The van der Waals surface area contributed by atoms with E-state index in [9.17, 15) is 0 Å². The molecule has 1 unspecified atom stereocenters. The Labute approximate surface area is 138 Å². The van der Waals surface area contributed by atoms with Gasteiger partial charge < -0.3 is 10.1 Å². The van der Waals surface area contributed by atoms with Gasteiger partial charge in [0.1, 0.15) is 5.01 Å². The highest BCUT2D eigenvalue weighted by molar-refractivity contribution is 9.10. The summed E-state index contributed by atoms with van der Waals surface area (Å²) in [5, 5.41) is 4.67. The van der Waals surface area contributed by atoms with Gasteiger partial charge in [-0.05, 0) is 25.0 Å². The molecule has 0 aliphatic heterocycles. The molecule has 114 valence electrons. The molecule has 1 heterocycles. The van der Waals surface area contributed by atoms with Crippen LogP contribution in [-0.4, -0.2) is 25.2 Å². The molecule has 1 N–H and O–H groups in total. The SMILES string of the molecule is CCc1nc(C(NCCOC)c2ccccc2Br)sc1C. The predicted molar refractivity (Wildman–Crippen MR) is 92.1 cm³/mol. The smallest absolute Gasteiger partial charge is 0.115 e. The summed E-state index contributed by atoms with van der Waals surface area (Å²) in [5.41, 5.74) is 2.41. The van der Waals surface area contributed by atoms with Crippen molar-refractivity contribution in [2.75, 3.05) is 20.3 Å². The second kappa shape index (κ2) is 8.03. The maximum Gasteiger partial charge on any atom is 0.115 e. The van der Waals surface area contributed by atoms with E-state index in [4.69, 9.17) is 9.72 Å². The second-order valence-electron chi connectivity index (χ2n) is 4.81. The lowest BCUT2D eigenvalue weighted by molar-refractivity contribution is 0.197. The van der Waals surface area contributed by atoms with Gasteiger partial charge in [0, 0.05) is 23.0 Å². The third-order valence-corrected chi connectivity index (χ3v) is 5.16. The molecule has 0 aliphatic carbocycles. The average molecular weight is 369 g/mol. The zero-order valence-corrected chi connectivity index (χ0v) is 15.1. The third-order valence-electron chi connectivity index (χ3n) is 3.36. The molecule has 1 atom stereocenters. The third kappa shape index (κ3) is 4.13. The summed E-state index contributed by atoms with van der Waals surface area (Å²) in [4.78, 5) is 6.12. The van der Waals surface area contributed by atoms with E-state index in [0.29, 0.717) is 6.61 Å². The first-order chi connectivity index (χ1) is 10.2. The number of methoxy groups -OCH3 is 1. The zero-order valence-electron chi connectivity index (χ0n) is 12.6. The van der Waals surface area contributed by atoms with E-state index in [1.807, 2.05) is 6.07 Å². The molecule has 21 heavy (non-hydrogen) atoms. The van der Waals surface area contributed by atoms with Crippen LogP contribution in [0.1, 0.15) is 34.1 Å². The maximum atomic E-state index is 5.15. The first-order valence-electron chi connectivity index (χ1n) is 7.10. The Morgan fingerprint density at radius 2 is 2.14 bits per heavy atom. The number of rotatable bonds is 7. The average Bonchev–Trinajstić information content (AvgIpc) is 2.86. The number of aryl methyl sites for hydroxylation is 2. The van der Waals surface area contributed by atoms with E-state index in [-0.39, 0.29) is 6.04 Å². The van der Waals surface area contributed by atoms with Crippen LogP contribution < -0.4 is 5.32 Å². The van der Waals surface area contributed by atoms with Gasteiger partial charge in [0.05, 0.1) is 18.3 Å². The molecule has 1 aromatic carbocycles. The van der Waals surface area contributed by atoms with Crippen LogP contribution in [0, 0.1) is 6.92 Å². The van der Waals surface area contributed by atoms with Crippen LogP contribution in [-0.2, 0) is 11.2 Å². The van der Waals surface area contributed by atoms with Gasteiger partial charge in [-0.2, -0.15) is 0 Å². The van der Waals surface area contributed by atoms with E-state index in [0.717, 1.165) is 22.4 Å². The van der Waals surface area contributed by atoms with Gasteiger partial charge >= 0.3 is 0 Å². The van der Waals surface area contributed by atoms with E-state index in [1.165, 1.54) is 16.1 Å². The van der Waals surface area contributed by atoms with Crippen LogP contribution in [0.5, 0.6) is 0 Å². The Morgan fingerprint density at radius 1 is 1.38 bits per heavy atom. The van der Waals surface area contributed by atoms with Crippen molar-refractivity contribution in [1.29, 1.82) is 0 Å². The topological polar surface area (TPSA) is 34.2 Å². The fourth-order valence-electron chi connectivity index (χ4n) is 2.25. The fourth-order valence-corrected chi connectivity index (χ4v) is 3.87. The molecule has 0 aliphatic rings. The summed E-state index contributed by atoms with van der Waals surface area (Å²) in [7, 11) is 1.72. The Morgan fingerprint density at radius 3 is 2.76 bits per heavy atom. The number of nitrogens with zero attached hydrogens (tertiary/aromatic N) is 1. The Hall–Kier alpha value is -0.750. The molecule has 1 aromatic heterocycles. The number of nitrogens with one attached hydrogen (secondary N) is 1. The molecular formula is C16H21BrN2OS. The van der Waals surface area contributed by atoms with E-state index in [1.54, 1.807) is 18.4 Å². The minimum Gasteiger partial charge on any atom is -0.383 e. The number of aromatic nitrogens is 1. The highest BCUT2D eigenvalue weighted by Gasteiger charge is 2.20. The summed E-state index contributed by atoms with van der Waals surface area (Å²) >= 11 is 5.42. The van der Waals surface area contributed by atoms with Crippen LogP contribution in [0.25, 0.3) is 0 Å². The van der Waals surface area contributed by atoms with Gasteiger partial charge in [0.15, 0.2) is 0 Å². The van der Waals surface area contributed by atoms with Gasteiger partial charge in [-0.25, -0.2) is 4.98 Å². The van der Waals surface area contributed by atoms with Crippen molar-refractivity contribution in [2.24, 2.45) is 0 Å². The van der Waals surface area contributed by atoms with E-state index >= 15 is 0 Å². The second-order valence-corrected chi connectivity index (χ2v) is 6.90. The highest BCUT2D eigenvalue weighted by atomic mass is 79.9. The van der Waals surface area contributed by atoms with Crippen molar-refractivity contribution in [2.45, 2.75) is 26.3 Å². The molecule has 0 saturated heterocycles. The van der Waals surface area contributed by atoms with Gasteiger partial charge in [-0.3, -0.25) is 0 Å². The summed E-state index contributed by atoms with van der Waals surface area (Å²) in [6.07, 6.45) is 0.975. The monoisotopic (exact) mass is 368 g/mol. The molecule has 0 radical (unpaired) electrons.